The van der Waals surface area contributed by atoms with E-state index in [2.05, 4.69) is 15.6 Å². The molecule has 0 radical (unpaired) electrons. The minimum absolute atomic E-state index is 0. The van der Waals surface area contributed by atoms with Crippen molar-refractivity contribution in [3.05, 3.63) is 30.1 Å². The molecule has 5 nitrogen and oxygen atoms in total. The van der Waals surface area contributed by atoms with Gasteiger partial charge in [-0.3, -0.25) is 9.78 Å². The maximum atomic E-state index is 12.0. The Morgan fingerprint density at radius 1 is 1.30 bits per heavy atom. The van der Waals surface area contributed by atoms with Gasteiger partial charge in [0.05, 0.1) is 6.61 Å². The number of carbonyl (C=O) groups is 1. The van der Waals surface area contributed by atoms with Crippen LogP contribution in [0.5, 0.6) is 0 Å². The van der Waals surface area contributed by atoms with Gasteiger partial charge in [-0.1, -0.05) is 0 Å². The fraction of sp³-hybridized carbons (Fsp3) is 0.625. The molecule has 1 fully saturated rings. The van der Waals surface area contributed by atoms with Gasteiger partial charge < -0.3 is 15.4 Å². The Morgan fingerprint density at radius 3 is 2.57 bits per heavy atom. The van der Waals surface area contributed by atoms with Gasteiger partial charge in [0.15, 0.2) is 0 Å². The summed E-state index contributed by atoms with van der Waals surface area (Å²) >= 11 is 0. The number of nitrogens with zero attached hydrogens (tertiary/aromatic N) is 1. The molecule has 1 amide bonds. The molecule has 0 atom stereocenters. The molecule has 1 saturated heterocycles. The summed E-state index contributed by atoms with van der Waals surface area (Å²) in [4.78, 5) is 16.0. The van der Waals surface area contributed by atoms with Gasteiger partial charge in [-0.05, 0) is 50.0 Å². The van der Waals surface area contributed by atoms with E-state index in [1.165, 1.54) is 0 Å². The smallest absolute Gasteiger partial charge is 0.220 e. The van der Waals surface area contributed by atoms with Crippen molar-refractivity contribution in [3.8, 4) is 0 Å². The van der Waals surface area contributed by atoms with Gasteiger partial charge in [0.25, 0.3) is 0 Å². The number of hydrogen-bond donors (Lipinski definition) is 2. The maximum absolute atomic E-state index is 12.0. The third-order valence-electron chi connectivity index (χ3n) is 4.17. The van der Waals surface area contributed by atoms with Crippen molar-refractivity contribution in [2.75, 3.05) is 33.4 Å². The van der Waals surface area contributed by atoms with E-state index in [4.69, 9.17) is 4.74 Å². The lowest BCUT2D eigenvalue weighted by atomic mass is 9.79. The summed E-state index contributed by atoms with van der Waals surface area (Å²) in [6, 6.07) is 3.90. The molecule has 2 rings (SSSR count). The number of pyridine rings is 1. The zero-order valence-corrected chi connectivity index (χ0v) is 15.2. The molecule has 1 aromatic rings. The molecule has 23 heavy (non-hydrogen) atoms. The molecule has 0 spiro atoms. The van der Waals surface area contributed by atoms with E-state index >= 15 is 0 Å². The highest BCUT2D eigenvalue weighted by Crippen LogP contribution is 2.28. The standard InChI is InChI=1S/C16H25N3O2.2ClH/c1-21-13-16(6-10-18-11-7-16)12-19-15(20)3-2-14-4-8-17-9-5-14;;/h4-5,8-9,18H,2-3,6-7,10-13H2,1H3,(H,19,20);2*1H. The second-order valence-electron chi connectivity index (χ2n) is 5.82. The quantitative estimate of drug-likeness (QED) is 0.777. The Balaban J connectivity index is 0.00000242. The van der Waals surface area contributed by atoms with Gasteiger partial charge in [0.1, 0.15) is 0 Å². The van der Waals surface area contributed by atoms with Crippen molar-refractivity contribution in [1.82, 2.24) is 15.6 Å². The predicted molar refractivity (Wildman–Crippen MR) is 96.5 cm³/mol. The van der Waals surface area contributed by atoms with Crippen molar-refractivity contribution >= 4 is 30.7 Å². The molecular formula is C16H27Cl2N3O2. The second-order valence-corrected chi connectivity index (χ2v) is 5.82. The van der Waals surface area contributed by atoms with Crippen LogP contribution in [0.2, 0.25) is 0 Å². The number of rotatable bonds is 7. The van der Waals surface area contributed by atoms with Gasteiger partial charge >= 0.3 is 0 Å². The number of ether oxygens (including phenoxy) is 1. The molecule has 0 aliphatic carbocycles. The highest BCUT2D eigenvalue weighted by atomic mass is 35.5. The number of halogens is 2. The van der Waals surface area contributed by atoms with E-state index in [9.17, 15) is 4.79 Å². The molecule has 2 N–H and O–H groups in total. The Morgan fingerprint density at radius 2 is 1.96 bits per heavy atom. The number of aromatic nitrogens is 1. The average Bonchev–Trinajstić information content (AvgIpc) is 2.53. The molecule has 0 saturated carbocycles. The fourth-order valence-corrected chi connectivity index (χ4v) is 2.82. The van der Waals surface area contributed by atoms with Gasteiger partial charge in [-0.15, -0.1) is 24.8 Å². The predicted octanol–water partition coefficient (Wildman–Crippen LogP) is 1.99. The van der Waals surface area contributed by atoms with Crippen LogP contribution in [-0.4, -0.2) is 44.2 Å². The summed E-state index contributed by atoms with van der Waals surface area (Å²) < 4.78 is 5.36. The Labute approximate surface area is 150 Å². The molecule has 0 bridgehead atoms. The zero-order valence-electron chi connectivity index (χ0n) is 13.5. The van der Waals surface area contributed by atoms with Crippen LogP contribution in [0.4, 0.5) is 0 Å². The Kier molecular flexibility index (Phi) is 11.2. The molecule has 0 aromatic carbocycles. The summed E-state index contributed by atoms with van der Waals surface area (Å²) in [5.41, 5.74) is 1.24. The monoisotopic (exact) mass is 363 g/mol. The highest BCUT2D eigenvalue weighted by Gasteiger charge is 2.32. The number of methoxy groups -OCH3 is 1. The lowest BCUT2D eigenvalue weighted by Gasteiger charge is -2.37. The highest BCUT2D eigenvalue weighted by molar-refractivity contribution is 5.85. The van der Waals surface area contributed by atoms with E-state index in [0.717, 1.165) is 37.9 Å². The first-order valence-corrected chi connectivity index (χ1v) is 7.59. The van der Waals surface area contributed by atoms with Crippen LogP contribution in [0.15, 0.2) is 24.5 Å². The zero-order chi connectivity index (χ0) is 15.0. The van der Waals surface area contributed by atoms with Crippen molar-refractivity contribution in [1.29, 1.82) is 0 Å². The maximum Gasteiger partial charge on any atom is 0.220 e. The van der Waals surface area contributed by atoms with Crippen LogP contribution in [0.1, 0.15) is 24.8 Å². The minimum Gasteiger partial charge on any atom is -0.384 e. The third kappa shape index (κ3) is 7.48. The second kappa shape index (κ2) is 11.6. The van der Waals surface area contributed by atoms with E-state index in [-0.39, 0.29) is 36.1 Å². The number of aryl methyl sites for hydroxylation is 1. The Hall–Kier alpha value is -0.880. The first-order valence-electron chi connectivity index (χ1n) is 7.59. The van der Waals surface area contributed by atoms with Crippen molar-refractivity contribution < 1.29 is 9.53 Å². The van der Waals surface area contributed by atoms with Crippen LogP contribution < -0.4 is 10.6 Å². The Bertz CT molecular complexity index is 435. The number of piperidine rings is 1. The van der Waals surface area contributed by atoms with Crippen LogP contribution in [-0.2, 0) is 16.0 Å². The summed E-state index contributed by atoms with van der Waals surface area (Å²) in [7, 11) is 1.73. The molecule has 7 heteroatoms. The normalized spacial score (nSPS) is 15.9. The summed E-state index contributed by atoms with van der Waals surface area (Å²) in [6.07, 6.45) is 6.89. The van der Waals surface area contributed by atoms with Crippen molar-refractivity contribution in [2.45, 2.75) is 25.7 Å². The number of hydrogen-bond acceptors (Lipinski definition) is 4. The lowest BCUT2D eigenvalue weighted by molar-refractivity contribution is -0.122. The number of nitrogens with one attached hydrogen (secondary N) is 2. The largest absolute Gasteiger partial charge is 0.384 e. The van der Waals surface area contributed by atoms with Crippen LogP contribution in [0, 0.1) is 5.41 Å². The first-order chi connectivity index (χ1) is 10.2. The van der Waals surface area contributed by atoms with E-state index in [1.54, 1.807) is 19.5 Å². The molecular weight excluding hydrogens is 337 g/mol. The fourth-order valence-electron chi connectivity index (χ4n) is 2.82. The van der Waals surface area contributed by atoms with E-state index in [1.807, 2.05) is 12.1 Å². The molecule has 1 aromatic heterocycles. The number of carbonyl (C=O) groups excluding carboxylic acids is 1. The number of amides is 1. The van der Waals surface area contributed by atoms with Gasteiger partial charge in [0.2, 0.25) is 5.91 Å². The topological polar surface area (TPSA) is 63.2 Å². The first kappa shape index (κ1) is 22.1. The van der Waals surface area contributed by atoms with Crippen LogP contribution in [0.3, 0.4) is 0 Å². The van der Waals surface area contributed by atoms with Crippen LogP contribution >= 0.6 is 24.8 Å². The summed E-state index contributed by atoms with van der Waals surface area (Å²) in [5.74, 6) is 0.112. The van der Waals surface area contributed by atoms with Crippen molar-refractivity contribution in [2.24, 2.45) is 5.41 Å². The van der Waals surface area contributed by atoms with Gasteiger partial charge in [0, 0.05) is 37.9 Å². The molecule has 1 aliphatic heterocycles. The third-order valence-corrected chi connectivity index (χ3v) is 4.17. The average molecular weight is 364 g/mol. The summed E-state index contributed by atoms with van der Waals surface area (Å²) in [5, 5.41) is 6.44. The van der Waals surface area contributed by atoms with Crippen LogP contribution in [0.25, 0.3) is 0 Å². The molecule has 2 heterocycles. The molecule has 132 valence electrons. The van der Waals surface area contributed by atoms with E-state index in [0.29, 0.717) is 19.6 Å². The SMILES string of the molecule is COCC1(CNC(=O)CCc2ccncc2)CCNCC1.Cl.Cl. The molecule has 0 unspecified atom stereocenters. The minimum atomic E-state index is 0. The summed E-state index contributed by atoms with van der Waals surface area (Å²) in [6.45, 7) is 3.41. The van der Waals surface area contributed by atoms with Crippen molar-refractivity contribution in [3.63, 3.8) is 0 Å². The van der Waals surface area contributed by atoms with E-state index < -0.39 is 0 Å². The van der Waals surface area contributed by atoms with Gasteiger partial charge in [-0.25, -0.2) is 0 Å². The lowest BCUT2D eigenvalue weighted by Crippen LogP contribution is -2.47. The molecule has 1 aliphatic rings. The van der Waals surface area contributed by atoms with Gasteiger partial charge in [-0.2, -0.15) is 0 Å².